The van der Waals surface area contributed by atoms with Gasteiger partial charge in [-0.3, -0.25) is 0 Å². The van der Waals surface area contributed by atoms with Gasteiger partial charge in [-0.25, -0.2) is 9.98 Å². The molecule has 0 radical (unpaired) electrons. The number of anilines is 1. The molecule has 9 heteroatoms. The highest BCUT2D eigenvalue weighted by atomic mass is 32.1. The number of amidine groups is 1. The fraction of sp³-hybridized carbons (Fsp3) is 0.318. The van der Waals surface area contributed by atoms with Gasteiger partial charge in [-0.05, 0) is 54.4 Å². The predicted molar refractivity (Wildman–Crippen MR) is 121 cm³/mol. The molecular weight excluding hydrogens is 423 g/mol. The first-order chi connectivity index (χ1) is 14.7. The Kier molecular flexibility index (Phi) is 7.27. The van der Waals surface area contributed by atoms with Crippen LogP contribution in [-0.4, -0.2) is 29.0 Å². The van der Waals surface area contributed by atoms with Crippen LogP contribution in [0.2, 0.25) is 0 Å². The fourth-order valence-electron chi connectivity index (χ4n) is 2.88. The Hall–Kier alpha value is -2.94. The Morgan fingerprint density at radius 1 is 1.19 bits per heavy atom. The van der Waals surface area contributed by atoms with E-state index in [9.17, 15) is 13.2 Å². The standard InChI is InChI=1S/C22H24F3N5S/c1-4-5-18(8-10-22(23,24)25)28-20-14(2)15(3)27-21(30-20)29-19-7-6-16(12-26-19)17-9-11-31-13-17/h4-9,11-15H,10H2,1-3H3,(H2,26,27,28,29,30)/b5-4-,18-8+. The van der Waals surface area contributed by atoms with Gasteiger partial charge in [0.05, 0.1) is 12.5 Å². The Labute approximate surface area is 183 Å². The Morgan fingerprint density at radius 3 is 2.61 bits per heavy atom. The Balaban J connectivity index is 1.76. The first kappa shape index (κ1) is 22.7. The summed E-state index contributed by atoms with van der Waals surface area (Å²) in [5, 5.41) is 10.2. The molecule has 0 saturated heterocycles. The van der Waals surface area contributed by atoms with Crippen molar-refractivity contribution in [1.29, 1.82) is 0 Å². The van der Waals surface area contributed by atoms with E-state index in [0.29, 0.717) is 23.3 Å². The number of aromatic nitrogens is 1. The topological polar surface area (TPSA) is 61.7 Å². The van der Waals surface area contributed by atoms with Crippen LogP contribution in [0.4, 0.5) is 19.0 Å². The van der Waals surface area contributed by atoms with Crippen LogP contribution in [-0.2, 0) is 0 Å². The number of alkyl halides is 3. The Bertz CT molecular complexity index is 989. The third-order valence-electron chi connectivity index (χ3n) is 4.74. The van der Waals surface area contributed by atoms with Crippen molar-refractivity contribution in [3.8, 4) is 11.1 Å². The molecule has 5 nitrogen and oxygen atoms in total. The van der Waals surface area contributed by atoms with Crippen molar-refractivity contribution in [2.24, 2.45) is 15.9 Å². The number of hydrogen-bond acceptors (Lipinski definition) is 6. The molecule has 0 spiro atoms. The minimum Gasteiger partial charge on any atom is -0.344 e. The van der Waals surface area contributed by atoms with E-state index in [1.54, 1.807) is 36.6 Å². The van der Waals surface area contributed by atoms with Crippen LogP contribution in [0.3, 0.4) is 0 Å². The molecule has 3 rings (SSSR count). The monoisotopic (exact) mass is 447 g/mol. The molecule has 2 unspecified atom stereocenters. The van der Waals surface area contributed by atoms with E-state index in [4.69, 9.17) is 0 Å². The zero-order valence-corrected chi connectivity index (χ0v) is 18.3. The van der Waals surface area contributed by atoms with Gasteiger partial charge in [-0.1, -0.05) is 19.1 Å². The van der Waals surface area contributed by atoms with Gasteiger partial charge in [-0.2, -0.15) is 29.5 Å². The average molecular weight is 448 g/mol. The highest BCUT2D eigenvalue weighted by molar-refractivity contribution is 7.08. The third kappa shape index (κ3) is 6.52. The number of guanidine groups is 1. The summed E-state index contributed by atoms with van der Waals surface area (Å²) in [6.07, 6.45) is 0.873. The minimum absolute atomic E-state index is 0.0842. The molecule has 0 aromatic carbocycles. The third-order valence-corrected chi connectivity index (χ3v) is 5.42. The second kappa shape index (κ2) is 9.91. The maximum absolute atomic E-state index is 12.6. The van der Waals surface area contributed by atoms with E-state index in [0.717, 1.165) is 17.2 Å². The first-order valence-corrected chi connectivity index (χ1v) is 10.8. The number of nitrogens with one attached hydrogen (secondary N) is 2. The van der Waals surface area contributed by atoms with E-state index >= 15 is 0 Å². The van der Waals surface area contributed by atoms with Gasteiger partial charge in [0, 0.05) is 23.4 Å². The number of rotatable bonds is 5. The largest absolute Gasteiger partial charge is 0.392 e. The van der Waals surface area contributed by atoms with E-state index < -0.39 is 12.6 Å². The summed E-state index contributed by atoms with van der Waals surface area (Å²) >= 11 is 1.62. The fourth-order valence-corrected chi connectivity index (χ4v) is 3.54. The summed E-state index contributed by atoms with van der Waals surface area (Å²) in [4.78, 5) is 13.5. The zero-order chi connectivity index (χ0) is 22.4. The van der Waals surface area contributed by atoms with Crippen molar-refractivity contribution in [2.45, 2.75) is 39.4 Å². The summed E-state index contributed by atoms with van der Waals surface area (Å²) in [5.74, 6) is 1.41. The van der Waals surface area contributed by atoms with Gasteiger partial charge >= 0.3 is 6.18 Å². The molecule has 2 atom stereocenters. The van der Waals surface area contributed by atoms with Crippen LogP contribution >= 0.6 is 11.3 Å². The molecule has 0 aliphatic carbocycles. The second-order valence-corrected chi connectivity index (χ2v) is 7.93. The molecule has 2 aromatic heterocycles. The van der Waals surface area contributed by atoms with E-state index in [2.05, 4.69) is 31.0 Å². The number of hydrogen-bond donors (Lipinski definition) is 2. The number of thiophene rings is 1. The lowest BCUT2D eigenvalue weighted by atomic mass is 10.0. The number of allylic oxidation sites excluding steroid dienone is 3. The maximum atomic E-state index is 12.6. The van der Waals surface area contributed by atoms with Crippen molar-refractivity contribution in [2.75, 3.05) is 5.32 Å². The number of aliphatic imine (C=N–C) groups is 2. The summed E-state index contributed by atoms with van der Waals surface area (Å²) < 4.78 is 37.9. The van der Waals surface area contributed by atoms with Crippen LogP contribution < -0.4 is 10.6 Å². The molecule has 1 aliphatic heterocycles. The van der Waals surface area contributed by atoms with Crippen LogP contribution in [0.15, 0.2) is 69.1 Å². The zero-order valence-electron chi connectivity index (χ0n) is 17.4. The van der Waals surface area contributed by atoms with Gasteiger partial charge < -0.3 is 10.6 Å². The van der Waals surface area contributed by atoms with Gasteiger partial charge in [0.2, 0.25) is 5.96 Å². The normalized spacial score (nSPS) is 19.9. The quantitative estimate of drug-likeness (QED) is 0.551. The molecule has 164 valence electrons. The minimum atomic E-state index is -4.27. The van der Waals surface area contributed by atoms with Crippen LogP contribution in [0.1, 0.15) is 27.2 Å². The van der Waals surface area contributed by atoms with E-state index in [-0.39, 0.29) is 12.0 Å². The summed E-state index contributed by atoms with van der Waals surface area (Å²) in [7, 11) is 0. The SMILES string of the molecule is C/C=C\C(=C/CC(F)(F)F)NC1=NC(Nc2ccc(-c3ccsc3)cn2)=NC(C)C1C. The maximum Gasteiger partial charge on any atom is 0.392 e. The molecule has 0 fully saturated rings. The average Bonchev–Trinajstić information content (AvgIpc) is 3.25. The van der Waals surface area contributed by atoms with Crippen LogP contribution in [0.5, 0.6) is 0 Å². The molecule has 2 aromatic rings. The van der Waals surface area contributed by atoms with Gasteiger partial charge in [-0.15, -0.1) is 0 Å². The van der Waals surface area contributed by atoms with Crippen molar-refractivity contribution >= 4 is 28.9 Å². The molecule has 2 N–H and O–H groups in total. The van der Waals surface area contributed by atoms with Crippen molar-refractivity contribution in [1.82, 2.24) is 10.3 Å². The second-order valence-electron chi connectivity index (χ2n) is 7.15. The van der Waals surface area contributed by atoms with Gasteiger partial charge in [0.1, 0.15) is 11.7 Å². The molecule has 0 bridgehead atoms. The highest BCUT2D eigenvalue weighted by Gasteiger charge is 2.27. The van der Waals surface area contributed by atoms with Gasteiger partial charge in [0.15, 0.2) is 0 Å². The predicted octanol–water partition coefficient (Wildman–Crippen LogP) is 6.02. The van der Waals surface area contributed by atoms with Crippen LogP contribution in [0, 0.1) is 5.92 Å². The lowest BCUT2D eigenvalue weighted by Gasteiger charge is -2.25. The molecule has 0 saturated carbocycles. The lowest BCUT2D eigenvalue weighted by Crippen LogP contribution is -2.39. The molecular formula is C22H24F3N5S. The van der Waals surface area contributed by atoms with Gasteiger partial charge in [0.25, 0.3) is 0 Å². The molecule has 31 heavy (non-hydrogen) atoms. The number of nitrogens with zero attached hydrogens (tertiary/aromatic N) is 3. The Morgan fingerprint density at radius 2 is 2.00 bits per heavy atom. The van der Waals surface area contributed by atoms with Crippen molar-refractivity contribution in [3.63, 3.8) is 0 Å². The van der Waals surface area contributed by atoms with E-state index in [1.165, 1.54) is 0 Å². The van der Waals surface area contributed by atoms with Crippen molar-refractivity contribution in [3.05, 3.63) is 59.1 Å². The smallest absolute Gasteiger partial charge is 0.344 e. The summed E-state index contributed by atoms with van der Waals surface area (Å²) in [6, 6.07) is 5.72. The number of pyridine rings is 1. The van der Waals surface area contributed by atoms with Crippen LogP contribution in [0.25, 0.3) is 11.1 Å². The summed E-state index contributed by atoms with van der Waals surface area (Å²) in [5.41, 5.74) is 2.46. The highest BCUT2D eigenvalue weighted by Crippen LogP contribution is 2.23. The molecule has 1 aliphatic rings. The van der Waals surface area contributed by atoms with E-state index in [1.807, 2.05) is 37.4 Å². The number of halogens is 3. The lowest BCUT2D eigenvalue weighted by molar-refractivity contribution is -0.125. The summed E-state index contributed by atoms with van der Waals surface area (Å²) in [6.45, 7) is 5.62. The first-order valence-electron chi connectivity index (χ1n) is 9.84. The molecule has 0 amide bonds. The molecule has 3 heterocycles. The van der Waals surface area contributed by atoms with Crippen molar-refractivity contribution < 1.29 is 13.2 Å².